The maximum absolute atomic E-state index is 12.2. The summed E-state index contributed by atoms with van der Waals surface area (Å²) >= 11 is 2.79. The Morgan fingerprint density at radius 1 is 1.25 bits per heavy atom. The zero-order chi connectivity index (χ0) is 19.3. The second kappa shape index (κ2) is 8.45. The Bertz CT molecular complexity index is 1040. The molecule has 0 fully saturated rings. The van der Waals surface area contributed by atoms with E-state index in [9.17, 15) is 4.79 Å². The number of hydrogen-bond acceptors (Lipinski definition) is 6. The lowest BCUT2D eigenvalue weighted by Crippen LogP contribution is -2.14. The van der Waals surface area contributed by atoms with Crippen LogP contribution in [0.2, 0.25) is 0 Å². The summed E-state index contributed by atoms with van der Waals surface area (Å²) in [6.45, 7) is 2.61. The van der Waals surface area contributed by atoms with Crippen LogP contribution in [0.4, 0.5) is 5.13 Å². The van der Waals surface area contributed by atoms with E-state index in [0.717, 1.165) is 22.2 Å². The summed E-state index contributed by atoms with van der Waals surface area (Å²) in [4.78, 5) is 20.8. The molecular weight excluding hydrogens is 392 g/mol. The number of hydrogen-bond donors (Lipinski definition) is 1. The molecule has 3 aromatic heterocycles. The van der Waals surface area contributed by atoms with Crippen molar-refractivity contribution in [3.8, 4) is 11.3 Å². The van der Waals surface area contributed by atoms with Gasteiger partial charge in [-0.15, -0.1) is 11.3 Å². The number of rotatable bonds is 7. The first-order valence-electron chi connectivity index (χ1n) is 8.66. The monoisotopic (exact) mass is 410 g/mol. The number of amides is 1. The van der Waals surface area contributed by atoms with Gasteiger partial charge < -0.3 is 14.3 Å². The largest absolute Gasteiger partial charge is 0.467 e. The predicted octanol–water partition coefficient (Wildman–Crippen LogP) is 4.69. The third kappa shape index (κ3) is 4.35. The molecule has 0 unspecified atom stereocenters. The maximum Gasteiger partial charge on any atom is 0.236 e. The first-order valence-corrected chi connectivity index (χ1v) is 10.5. The van der Waals surface area contributed by atoms with Crippen molar-refractivity contribution < 1.29 is 9.21 Å². The summed E-state index contributed by atoms with van der Waals surface area (Å²) in [6, 6.07) is 12.1. The molecule has 1 aromatic carbocycles. The molecule has 4 rings (SSSR count). The lowest BCUT2D eigenvalue weighted by molar-refractivity contribution is -0.113. The van der Waals surface area contributed by atoms with E-state index in [0.29, 0.717) is 11.7 Å². The lowest BCUT2D eigenvalue weighted by Gasteiger charge is -2.11. The molecule has 0 radical (unpaired) electrons. The van der Waals surface area contributed by atoms with E-state index < -0.39 is 0 Å². The first-order chi connectivity index (χ1) is 13.7. The minimum absolute atomic E-state index is 0.107. The van der Waals surface area contributed by atoms with E-state index in [4.69, 9.17) is 4.42 Å². The molecular formula is C20H18N4O2S2. The fraction of sp³-hybridized carbons (Fsp3) is 0.150. The molecule has 4 aromatic rings. The van der Waals surface area contributed by atoms with Crippen LogP contribution in [-0.2, 0) is 11.3 Å². The molecule has 0 saturated carbocycles. The standard InChI is InChI=1S/C20H18N4O2S2/c1-14-4-6-15(7-5-14)17-11-22-20(24(17)12-16-3-2-9-26-16)28-13-18(25)23-19-21-8-10-27-19/h2-11H,12-13H2,1H3,(H,21,23,25). The van der Waals surface area contributed by atoms with Crippen LogP contribution in [0.15, 0.2) is 70.0 Å². The summed E-state index contributed by atoms with van der Waals surface area (Å²) < 4.78 is 7.60. The Morgan fingerprint density at radius 2 is 2.11 bits per heavy atom. The number of carbonyl (C=O) groups excluding carboxylic acids is 1. The Morgan fingerprint density at radius 3 is 2.82 bits per heavy atom. The van der Waals surface area contributed by atoms with Crippen molar-refractivity contribution in [2.75, 3.05) is 11.1 Å². The van der Waals surface area contributed by atoms with Crippen molar-refractivity contribution in [1.29, 1.82) is 0 Å². The molecule has 0 atom stereocenters. The highest BCUT2D eigenvalue weighted by atomic mass is 32.2. The van der Waals surface area contributed by atoms with Crippen molar-refractivity contribution >= 4 is 34.1 Å². The third-order valence-corrected chi connectivity index (χ3v) is 5.75. The van der Waals surface area contributed by atoms with Crippen molar-refractivity contribution in [2.45, 2.75) is 18.6 Å². The lowest BCUT2D eigenvalue weighted by atomic mass is 10.1. The van der Waals surface area contributed by atoms with Gasteiger partial charge in [-0.25, -0.2) is 9.97 Å². The van der Waals surface area contributed by atoms with Gasteiger partial charge in [0.05, 0.1) is 30.5 Å². The smallest absolute Gasteiger partial charge is 0.236 e. The number of nitrogens with one attached hydrogen (secondary N) is 1. The summed E-state index contributed by atoms with van der Waals surface area (Å²) in [6.07, 6.45) is 5.16. The molecule has 0 aliphatic rings. The summed E-state index contributed by atoms with van der Waals surface area (Å²) in [5.41, 5.74) is 3.26. The minimum atomic E-state index is -0.107. The normalized spacial score (nSPS) is 10.9. The number of carbonyl (C=O) groups is 1. The van der Waals surface area contributed by atoms with Crippen LogP contribution in [0.25, 0.3) is 11.3 Å². The number of thiazole rings is 1. The highest BCUT2D eigenvalue weighted by Crippen LogP contribution is 2.28. The molecule has 1 amide bonds. The zero-order valence-electron chi connectivity index (χ0n) is 15.2. The minimum Gasteiger partial charge on any atom is -0.467 e. The molecule has 0 spiro atoms. The van der Waals surface area contributed by atoms with Crippen LogP contribution >= 0.6 is 23.1 Å². The number of imidazole rings is 1. The van der Waals surface area contributed by atoms with E-state index in [1.807, 2.05) is 23.7 Å². The summed E-state index contributed by atoms with van der Waals surface area (Å²) in [5.74, 6) is 0.979. The summed E-state index contributed by atoms with van der Waals surface area (Å²) in [7, 11) is 0. The van der Waals surface area contributed by atoms with Crippen LogP contribution in [0.1, 0.15) is 11.3 Å². The number of thioether (sulfide) groups is 1. The maximum atomic E-state index is 12.2. The van der Waals surface area contributed by atoms with E-state index in [1.54, 1.807) is 12.5 Å². The molecule has 3 heterocycles. The second-order valence-corrected chi connectivity index (χ2v) is 7.97. The van der Waals surface area contributed by atoms with Gasteiger partial charge in [-0.1, -0.05) is 41.6 Å². The highest BCUT2D eigenvalue weighted by Gasteiger charge is 2.15. The van der Waals surface area contributed by atoms with E-state index in [-0.39, 0.29) is 11.7 Å². The molecule has 0 aliphatic carbocycles. The van der Waals surface area contributed by atoms with Crippen LogP contribution < -0.4 is 5.32 Å². The molecule has 0 saturated heterocycles. The Kier molecular flexibility index (Phi) is 5.59. The Labute approximate surface area is 170 Å². The number of furan rings is 1. The van der Waals surface area contributed by atoms with Gasteiger partial charge >= 0.3 is 0 Å². The van der Waals surface area contributed by atoms with E-state index in [1.165, 1.54) is 28.7 Å². The molecule has 0 bridgehead atoms. The van der Waals surface area contributed by atoms with Crippen LogP contribution in [0, 0.1) is 6.92 Å². The zero-order valence-corrected chi connectivity index (χ0v) is 16.8. The van der Waals surface area contributed by atoms with Gasteiger partial charge in [0.1, 0.15) is 5.76 Å². The average molecular weight is 411 g/mol. The third-order valence-electron chi connectivity index (χ3n) is 4.07. The van der Waals surface area contributed by atoms with Crippen LogP contribution in [0.3, 0.4) is 0 Å². The topological polar surface area (TPSA) is 73.0 Å². The second-order valence-electron chi connectivity index (χ2n) is 6.13. The van der Waals surface area contributed by atoms with Crippen molar-refractivity contribution in [2.24, 2.45) is 0 Å². The highest BCUT2D eigenvalue weighted by molar-refractivity contribution is 7.99. The van der Waals surface area contributed by atoms with Gasteiger partial charge in [0.25, 0.3) is 0 Å². The van der Waals surface area contributed by atoms with Crippen molar-refractivity contribution in [1.82, 2.24) is 14.5 Å². The van der Waals surface area contributed by atoms with E-state index >= 15 is 0 Å². The quantitative estimate of drug-likeness (QED) is 0.448. The first kappa shape index (κ1) is 18.5. The average Bonchev–Trinajstić information content (AvgIpc) is 3.44. The van der Waals surface area contributed by atoms with Gasteiger partial charge in [-0.05, 0) is 24.6 Å². The fourth-order valence-electron chi connectivity index (χ4n) is 2.71. The van der Waals surface area contributed by atoms with Crippen LogP contribution in [-0.4, -0.2) is 26.2 Å². The van der Waals surface area contributed by atoms with Gasteiger partial charge in [0, 0.05) is 11.6 Å². The molecule has 8 heteroatoms. The SMILES string of the molecule is Cc1ccc(-c2cnc(SCC(=O)Nc3nccs3)n2Cc2ccco2)cc1. The van der Waals surface area contributed by atoms with Gasteiger partial charge in [-0.2, -0.15) is 0 Å². The number of aromatic nitrogens is 3. The van der Waals surface area contributed by atoms with Crippen molar-refractivity contribution in [3.63, 3.8) is 0 Å². The number of nitrogens with zero attached hydrogens (tertiary/aromatic N) is 3. The molecule has 28 heavy (non-hydrogen) atoms. The van der Waals surface area contributed by atoms with Gasteiger partial charge in [-0.3, -0.25) is 4.79 Å². The summed E-state index contributed by atoms with van der Waals surface area (Å²) in [5, 5.41) is 5.99. The molecule has 0 aliphatic heterocycles. The Hall–Kier alpha value is -2.84. The number of benzene rings is 1. The van der Waals surface area contributed by atoms with Crippen molar-refractivity contribution in [3.05, 3.63) is 71.8 Å². The van der Waals surface area contributed by atoms with E-state index in [2.05, 4.69) is 51.0 Å². The fourth-order valence-corrected chi connectivity index (χ4v) is 4.03. The van der Waals surface area contributed by atoms with Gasteiger partial charge in [0.2, 0.25) is 5.91 Å². The predicted molar refractivity (Wildman–Crippen MR) is 112 cm³/mol. The Balaban J connectivity index is 1.55. The van der Waals surface area contributed by atoms with Gasteiger partial charge in [0.15, 0.2) is 10.3 Å². The molecule has 1 N–H and O–H groups in total. The molecule has 6 nitrogen and oxygen atoms in total. The number of aryl methyl sites for hydroxylation is 1. The van der Waals surface area contributed by atoms with Crippen LogP contribution in [0.5, 0.6) is 0 Å². The molecule has 142 valence electrons. The number of anilines is 1.